The highest BCUT2D eigenvalue weighted by molar-refractivity contribution is 14.0. The lowest BCUT2D eigenvalue weighted by Crippen LogP contribution is -2.46. The Balaban J connectivity index is 0.00000338. The van der Waals surface area contributed by atoms with Gasteiger partial charge in [-0.1, -0.05) is 27.2 Å². The zero-order chi connectivity index (χ0) is 18.1. The number of hydrogen-bond donors (Lipinski definition) is 2. The van der Waals surface area contributed by atoms with Crippen molar-refractivity contribution in [1.82, 2.24) is 20.5 Å². The van der Waals surface area contributed by atoms with Gasteiger partial charge in [-0.15, -0.1) is 35.3 Å². The van der Waals surface area contributed by atoms with E-state index in [1.165, 1.54) is 42.9 Å². The van der Waals surface area contributed by atoms with Crippen molar-refractivity contribution in [2.75, 3.05) is 33.2 Å². The third kappa shape index (κ3) is 7.68. The van der Waals surface area contributed by atoms with Gasteiger partial charge < -0.3 is 10.6 Å². The van der Waals surface area contributed by atoms with E-state index in [-0.39, 0.29) is 24.0 Å². The molecule has 7 heteroatoms. The van der Waals surface area contributed by atoms with Crippen LogP contribution in [0.1, 0.15) is 63.1 Å². The number of guanidine groups is 1. The number of nitrogens with zero attached hydrogens (tertiary/aromatic N) is 3. The van der Waals surface area contributed by atoms with Crippen LogP contribution in [0.2, 0.25) is 0 Å². The van der Waals surface area contributed by atoms with Gasteiger partial charge in [-0.2, -0.15) is 0 Å². The van der Waals surface area contributed by atoms with E-state index in [0.29, 0.717) is 5.92 Å². The number of nitrogens with one attached hydrogen (secondary N) is 2. The molecule has 5 nitrogen and oxygen atoms in total. The fourth-order valence-electron chi connectivity index (χ4n) is 3.37. The van der Waals surface area contributed by atoms with Crippen molar-refractivity contribution in [2.45, 2.75) is 64.8 Å². The molecule has 1 atom stereocenters. The maximum atomic E-state index is 4.69. The largest absolute Gasteiger partial charge is 0.356 e. The Hall–Kier alpha value is -0.410. The standard InChI is InChI=1S/C19H35N5S.HI/c1-5-17-8-6-7-12-24(17)13-11-22-19(20-4)21-10-9-16-14-25-18(23-16)15(2)3;/h14-15,17H,5-13H2,1-4H3,(H2,20,21,22);1H. The van der Waals surface area contributed by atoms with Gasteiger partial charge in [0.05, 0.1) is 10.7 Å². The fraction of sp³-hybridized carbons (Fsp3) is 0.789. The molecule has 2 heterocycles. The maximum Gasteiger partial charge on any atom is 0.191 e. The summed E-state index contributed by atoms with van der Waals surface area (Å²) in [6, 6.07) is 0.769. The molecule has 1 unspecified atom stereocenters. The predicted octanol–water partition coefficient (Wildman–Crippen LogP) is 3.86. The average molecular weight is 494 g/mol. The molecule has 0 spiro atoms. The summed E-state index contributed by atoms with van der Waals surface area (Å²) in [5.74, 6) is 1.41. The van der Waals surface area contributed by atoms with Crippen LogP contribution in [0.25, 0.3) is 0 Å². The van der Waals surface area contributed by atoms with Gasteiger partial charge in [-0.3, -0.25) is 9.89 Å². The highest BCUT2D eigenvalue weighted by Gasteiger charge is 2.19. The van der Waals surface area contributed by atoms with Crippen LogP contribution >= 0.6 is 35.3 Å². The molecule has 0 amide bonds. The Morgan fingerprint density at radius 2 is 2.12 bits per heavy atom. The molecule has 1 saturated heterocycles. The Morgan fingerprint density at radius 3 is 2.77 bits per heavy atom. The molecule has 0 saturated carbocycles. The molecular formula is C19H36IN5S. The molecule has 1 aliphatic rings. The molecule has 0 aromatic carbocycles. The molecule has 2 N–H and O–H groups in total. The smallest absolute Gasteiger partial charge is 0.191 e. The number of halogens is 1. The maximum absolute atomic E-state index is 4.69. The Bertz CT molecular complexity index is 532. The van der Waals surface area contributed by atoms with Gasteiger partial charge in [0.2, 0.25) is 0 Å². The summed E-state index contributed by atoms with van der Waals surface area (Å²) in [5.41, 5.74) is 1.18. The molecule has 1 aromatic heterocycles. The second-order valence-electron chi connectivity index (χ2n) is 7.10. The molecule has 0 bridgehead atoms. The quantitative estimate of drug-likeness (QED) is 0.328. The van der Waals surface area contributed by atoms with E-state index >= 15 is 0 Å². The van der Waals surface area contributed by atoms with Crippen LogP contribution in [0.3, 0.4) is 0 Å². The summed E-state index contributed by atoms with van der Waals surface area (Å²) in [7, 11) is 1.84. The first-order valence-electron chi connectivity index (χ1n) is 9.76. The second kappa shape index (κ2) is 12.9. The van der Waals surface area contributed by atoms with E-state index in [9.17, 15) is 0 Å². The molecule has 2 rings (SSSR count). The minimum atomic E-state index is 0. The Kier molecular flexibility index (Phi) is 11.7. The van der Waals surface area contributed by atoms with E-state index in [4.69, 9.17) is 0 Å². The van der Waals surface area contributed by atoms with Gasteiger partial charge in [0, 0.05) is 50.4 Å². The van der Waals surface area contributed by atoms with Gasteiger partial charge in [0.15, 0.2) is 5.96 Å². The Labute approximate surface area is 180 Å². The lowest BCUT2D eigenvalue weighted by atomic mass is 10.0. The SMILES string of the molecule is CCC1CCCCN1CCNC(=NC)NCCc1csc(C(C)C)n1.I. The lowest BCUT2D eigenvalue weighted by molar-refractivity contribution is 0.147. The van der Waals surface area contributed by atoms with Gasteiger partial charge in [0.25, 0.3) is 0 Å². The highest BCUT2D eigenvalue weighted by Crippen LogP contribution is 2.19. The monoisotopic (exact) mass is 493 g/mol. The first-order valence-corrected chi connectivity index (χ1v) is 10.6. The molecule has 1 aromatic rings. The van der Waals surface area contributed by atoms with Crippen LogP contribution < -0.4 is 10.6 Å². The van der Waals surface area contributed by atoms with Gasteiger partial charge in [-0.25, -0.2) is 4.98 Å². The minimum absolute atomic E-state index is 0. The summed E-state index contributed by atoms with van der Waals surface area (Å²) >= 11 is 1.76. The summed E-state index contributed by atoms with van der Waals surface area (Å²) in [6.07, 6.45) is 6.29. The summed E-state index contributed by atoms with van der Waals surface area (Å²) in [6.45, 7) is 10.8. The van der Waals surface area contributed by atoms with E-state index in [2.05, 4.69) is 51.7 Å². The summed E-state index contributed by atoms with van der Waals surface area (Å²) in [4.78, 5) is 11.6. The van der Waals surface area contributed by atoms with Crippen LogP contribution in [-0.2, 0) is 6.42 Å². The van der Waals surface area contributed by atoms with Crippen molar-refractivity contribution >= 4 is 41.3 Å². The van der Waals surface area contributed by atoms with Gasteiger partial charge in [-0.05, 0) is 25.8 Å². The molecule has 0 radical (unpaired) electrons. The first kappa shape index (κ1) is 23.6. The van der Waals surface area contributed by atoms with E-state index in [0.717, 1.165) is 38.1 Å². The molecule has 1 aliphatic heterocycles. The van der Waals surface area contributed by atoms with Crippen LogP contribution in [0.5, 0.6) is 0 Å². The van der Waals surface area contributed by atoms with Crippen molar-refractivity contribution in [3.05, 3.63) is 16.1 Å². The number of thiazole rings is 1. The molecule has 150 valence electrons. The fourth-order valence-corrected chi connectivity index (χ4v) is 4.24. The van der Waals surface area contributed by atoms with Crippen molar-refractivity contribution in [1.29, 1.82) is 0 Å². The number of aromatic nitrogens is 1. The van der Waals surface area contributed by atoms with Crippen LogP contribution in [-0.4, -0.2) is 55.1 Å². The van der Waals surface area contributed by atoms with Crippen LogP contribution in [0.15, 0.2) is 10.4 Å². The highest BCUT2D eigenvalue weighted by atomic mass is 127. The number of rotatable bonds is 8. The van der Waals surface area contributed by atoms with Gasteiger partial charge >= 0.3 is 0 Å². The first-order chi connectivity index (χ1) is 12.1. The van der Waals surface area contributed by atoms with E-state index in [1.54, 1.807) is 11.3 Å². The minimum Gasteiger partial charge on any atom is -0.356 e. The Morgan fingerprint density at radius 1 is 1.35 bits per heavy atom. The summed E-state index contributed by atoms with van der Waals surface area (Å²) < 4.78 is 0. The third-order valence-electron chi connectivity index (χ3n) is 4.87. The van der Waals surface area contributed by atoms with Crippen LogP contribution in [0, 0.1) is 0 Å². The zero-order valence-corrected chi connectivity index (χ0v) is 19.9. The summed E-state index contributed by atoms with van der Waals surface area (Å²) in [5, 5.41) is 10.3. The van der Waals surface area contributed by atoms with Crippen molar-refractivity contribution in [3.8, 4) is 0 Å². The molecular weight excluding hydrogens is 457 g/mol. The number of piperidine rings is 1. The average Bonchev–Trinajstić information content (AvgIpc) is 3.10. The van der Waals surface area contributed by atoms with E-state index in [1.807, 2.05) is 7.05 Å². The third-order valence-corrected chi connectivity index (χ3v) is 6.07. The second-order valence-corrected chi connectivity index (χ2v) is 7.99. The topological polar surface area (TPSA) is 52.5 Å². The van der Waals surface area contributed by atoms with E-state index < -0.39 is 0 Å². The van der Waals surface area contributed by atoms with Crippen molar-refractivity contribution < 1.29 is 0 Å². The number of hydrogen-bond acceptors (Lipinski definition) is 4. The van der Waals surface area contributed by atoms with Crippen molar-refractivity contribution in [3.63, 3.8) is 0 Å². The molecule has 0 aliphatic carbocycles. The predicted molar refractivity (Wildman–Crippen MR) is 124 cm³/mol. The van der Waals surface area contributed by atoms with Crippen LogP contribution in [0.4, 0.5) is 0 Å². The lowest BCUT2D eigenvalue weighted by Gasteiger charge is -2.35. The molecule has 26 heavy (non-hydrogen) atoms. The normalized spacial score (nSPS) is 18.7. The van der Waals surface area contributed by atoms with Crippen molar-refractivity contribution in [2.24, 2.45) is 4.99 Å². The number of aliphatic imine (C=N–C) groups is 1. The number of likely N-dealkylation sites (tertiary alicyclic amines) is 1. The van der Waals surface area contributed by atoms with Gasteiger partial charge in [0.1, 0.15) is 0 Å². The zero-order valence-electron chi connectivity index (χ0n) is 16.8. The molecule has 1 fully saturated rings.